The summed E-state index contributed by atoms with van der Waals surface area (Å²) >= 11 is 1.44. The van der Waals surface area contributed by atoms with Crippen molar-refractivity contribution < 1.29 is 9.13 Å². The lowest BCUT2D eigenvalue weighted by atomic mass is 10.2. The van der Waals surface area contributed by atoms with Crippen LogP contribution in [-0.2, 0) is 0 Å². The van der Waals surface area contributed by atoms with E-state index >= 15 is 0 Å². The summed E-state index contributed by atoms with van der Waals surface area (Å²) < 4.78 is 19.9. The summed E-state index contributed by atoms with van der Waals surface area (Å²) in [5.41, 5.74) is 1.82. The number of halogens is 1. The van der Waals surface area contributed by atoms with E-state index in [1.54, 1.807) is 23.8 Å². The van der Waals surface area contributed by atoms with E-state index in [1.165, 1.54) is 23.5 Å². The Morgan fingerprint density at radius 2 is 1.76 bits per heavy atom. The molecule has 2 aromatic heterocycles. The number of methoxy groups -OCH3 is 1. The summed E-state index contributed by atoms with van der Waals surface area (Å²) in [6.45, 7) is 0. The van der Waals surface area contributed by atoms with Crippen LogP contribution in [0.1, 0.15) is 10.6 Å². The van der Waals surface area contributed by atoms with Crippen LogP contribution < -0.4 is 4.74 Å². The third-order valence-electron chi connectivity index (χ3n) is 3.64. The van der Waals surface area contributed by atoms with E-state index < -0.39 is 0 Å². The van der Waals surface area contributed by atoms with E-state index in [0.717, 1.165) is 21.9 Å². The first kappa shape index (κ1) is 15.5. The second kappa shape index (κ2) is 6.45. The highest BCUT2D eigenvalue weighted by Gasteiger charge is 2.12. The number of ether oxygens (including phenoxy) is 1. The largest absolute Gasteiger partial charge is 0.497 e. The van der Waals surface area contributed by atoms with Gasteiger partial charge in [0.05, 0.1) is 7.11 Å². The van der Waals surface area contributed by atoms with Gasteiger partial charge in [0.15, 0.2) is 5.82 Å². The SMILES string of the molecule is COc1ccc(/C=C/c2nn3c(-c4ccc(F)cc4)nnc3s2)cc1. The molecule has 0 spiro atoms. The fourth-order valence-electron chi connectivity index (χ4n) is 2.36. The van der Waals surface area contributed by atoms with Crippen LogP contribution in [0.4, 0.5) is 4.39 Å². The number of hydrogen-bond acceptors (Lipinski definition) is 5. The quantitative estimate of drug-likeness (QED) is 0.553. The molecule has 7 heteroatoms. The third-order valence-corrected chi connectivity index (χ3v) is 4.51. The fraction of sp³-hybridized carbons (Fsp3) is 0.0556. The minimum Gasteiger partial charge on any atom is -0.497 e. The first-order chi connectivity index (χ1) is 12.2. The molecule has 0 aliphatic carbocycles. The number of fused-ring (bicyclic) bond motifs is 1. The maximum Gasteiger partial charge on any atom is 0.235 e. The summed E-state index contributed by atoms with van der Waals surface area (Å²) in [5.74, 6) is 1.13. The highest BCUT2D eigenvalue weighted by atomic mass is 32.1. The molecule has 0 aliphatic rings. The molecule has 0 saturated carbocycles. The van der Waals surface area contributed by atoms with Gasteiger partial charge < -0.3 is 4.74 Å². The number of benzene rings is 2. The molecule has 0 fully saturated rings. The Balaban J connectivity index is 1.63. The first-order valence-corrected chi connectivity index (χ1v) is 8.35. The molecule has 0 unspecified atom stereocenters. The van der Waals surface area contributed by atoms with Crippen molar-refractivity contribution in [1.29, 1.82) is 0 Å². The molecular formula is C18H13FN4OS. The average molecular weight is 352 g/mol. The average Bonchev–Trinajstić information content (AvgIpc) is 3.21. The van der Waals surface area contributed by atoms with Crippen LogP contribution in [0.3, 0.4) is 0 Å². The zero-order valence-electron chi connectivity index (χ0n) is 13.3. The molecule has 0 aliphatic heterocycles. The number of hydrogen-bond donors (Lipinski definition) is 0. The van der Waals surface area contributed by atoms with Gasteiger partial charge in [-0.2, -0.15) is 9.61 Å². The van der Waals surface area contributed by atoms with E-state index in [9.17, 15) is 4.39 Å². The third kappa shape index (κ3) is 3.14. The van der Waals surface area contributed by atoms with Gasteiger partial charge in [0.25, 0.3) is 0 Å². The van der Waals surface area contributed by atoms with Crippen molar-refractivity contribution in [1.82, 2.24) is 19.8 Å². The van der Waals surface area contributed by atoms with Gasteiger partial charge in [-0.15, -0.1) is 10.2 Å². The molecular weight excluding hydrogens is 339 g/mol. The van der Waals surface area contributed by atoms with E-state index in [4.69, 9.17) is 4.74 Å². The van der Waals surface area contributed by atoms with Gasteiger partial charge in [-0.05, 0) is 48.0 Å². The van der Waals surface area contributed by atoms with Crippen molar-refractivity contribution >= 4 is 28.4 Å². The topological polar surface area (TPSA) is 52.3 Å². The van der Waals surface area contributed by atoms with Crippen molar-refractivity contribution in [3.8, 4) is 17.1 Å². The lowest BCUT2D eigenvalue weighted by Gasteiger charge is -1.98. The zero-order chi connectivity index (χ0) is 17.2. The van der Waals surface area contributed by atoms with Gasteiger partial charge in [0.1, 0.15) is 16.6 Å². The molecule has 2 aromatic carbocycles. The smallest absolute Gasteiger partial charge is 0.235 e. The Morgan fingerprint density at radius 3 is 2.48 bits per heavy atom. The van der Waals surface area contributed by atoms with Crippen molar-refractivity contribution in [2.75, 3.05) is 7.11 Å². The van der Waals surface area contributed by atoms with Crippen LogP contribution in [0.15, 0.2) is 48.5 Å². The highest BCUT2D eigenvalue weighted by molar-refractivity contribution is 7.17. The van der Waals surface area contributed by atoms with E-state index in [2.05, 4.69) is 15.3 Å². The molecule has 4 rings (SSSR count). The van der Waals surface area contributed by atoms with Crippen molar-refractivity contribution in [3.63, 3.8) is 0 Å². The molecule has 0 atom stereocenters. The second-order valence-electron chi connectivity index (χ2n) is 5.27. The minimum atomic E-state index is -0.286. The molecule has 0 bridgehead atoms. The second-order valence-corrected chi connectivity index (χ2v) is 6.26. The highest BCUT2D eigenvalue weighted by Crippen LogP contribution is 2.23. The lowest BCUT2D eigenvalue weighted by Crippen LogP contribution is -1.90. The molecule has 5 nitrogen and oxygen atoms in total. The van der Waals surface area contributed by atoms with Crippen LogP contribution in [-0.4, -0.2) is 26.9 Å². The molecule has 25 heavy (non-hydrogen) atoms. The summed E-state index contributed by atoms with van der Waals surface area (Å²) in [7, 11) is 1.64. The van der Waals surface area contributed by atoms with Crippen LogP contribution >= 0.6 is 11.3 Å². The molecule has 0 N–H and O–H groups in total. The van der Waals surface area contributed by atoms with Crippen LogP contribution in [0, 0.1) is 5.82 Å². The molecule has 0 amide bonds. The van der Waals surface area contributed by atoms with Crippen LogP contribution in [0.25, 0.3) is 28.5 Å². The predicted octanol–water partition coefficient (Wildman–Crippen LogP) is 4.17. The number of rotatable bonds is 4. The van der Waals surface area contributed by atoms with Gasteiger partial charge >= 0.3 is 0 Å². The van der Waals surface area contributed by atoms with E-state index in [1.807, 2.05) is 36.4 Å². The maximum atomic E-state index is 13.1. The Kier molecular flexibility index (Phi) is 3.99. The van der Waals surface area contributed by atoms with Crippen molar-refractivity contribution in [2.24, 2.45) is 0 Å². The maximum absolute atomic E-state index is 13.1. The summed E-state index contributed by atoms with van der Waals surface area (Å²) in [4.78, 5) is 0.689. The Bertz CT molecular complexity index is 1040. The minimum absolute atomic E-state index is 0.286. The van der Waals surface area contributed by atoms with Crippen molar-refractivity contribution in [3.05, 3.63) is 64.9 Å². The monoisotopic (exact) mass is 352 g/mol. The zero-order valence-corrected chi connectivity index (χ0v) is 14.1. The Labute approximate surface area is 147 Å². The fourth-order valence-corrected chi connectivity index (χ4v) is 3.10. The van der Waals surface area contributed by atoms with E-state index in [-0.39, 0.29) is 5.82 Å². The van der Waals surface area contributed by atoms with Gasteiger partial charge in [-0.3, -0.25) is 0 Å². The predicted molar refractivity (Wildman–Crippen MR) is 96.0 cm³/mol. The standard InChI is InChI=1S/C18H13FN4OS/c1-24-15-9-2-12(3-10-15)4-11-16-22-23-17(20-21-18(23)25-16)13-5-7-14(19)8-6-13/h2-11H,1H3/b11-4+. The van der Waals surface area contributed by atoms with Crippen molar-refractivity contribution in [2.45, 2.75) is 0 Å². The Hall–Kier alpha value is -3.06. The summed E-state index contributed by atoms with van der Waals surface area (Å²) in [6.07, 6.45) is 3.90. The van der Waals surface area contributed by atoms with Gasteiger partial charge in [0.2, 0.25) is 4.96 Å². The molecule has 0 saturated heterocycles. The number of nitrogens with zero attached hydrogens (tertiary/aromatic N) is 4. The first-order valence-electron chi connectivity index (χ1n) is 7.53. The van der Waals surface area contributed by atoms with Gasteiger partial charge in [-0.25, -0.2) is 4.39 Å². The summed E-state index contributed by atoms with van der Waals surface area (Å²) in [5, 5.41) is 13.6. The van der Waals surface area contributed by atoms with Crippen LogP contribution in [0.2, 0.25) is 0 Å². The molecule has 2 heterocycles. The lowest BCUT2D eigenvalue weighted by molar-refractivity contribution is 0.415. The molecule has 124 valence electrons. The van der Waals surface area contributed by atoms with Gasteiger partial charge in [0, 0.05) is 5.56 Å². The Morgan fingerprint density at radius 1 is 1.00 bits per heavy atom. The molecule has 0 radical (unpaired) electrons. The van der Waals surface area contributed by atoms with Crippen LogP contribution in [0.5, 0.6) is 5.75 Å². The number of aromatic nitrogens is 4. The molecule has 4 aromatic rings. The van der Waals surface area contributed by atoms with Gasteiger partial charge in [-0.1, -0.05) is 29.5 Å². The normalized spacial score (nSPS) is 11.4. The van der Waals surface area contributed by atoms with E-state index in [0.29, 0.717) is 10.8 Å². The summed E-state index contributed by atoms with van der Waals surface area (Å²) in [6, 6.07) is 13.9.